The lowest BCUT2D eigenvalue weighted by molar-refractivity contribution is -0.187. The van der Waals surface area contributed by atoms with Crippen molar-refractivity contribution in [2.24, 2.45) is 5.16 Å². The van der Waals surface area contributed by atoms with Crippen LogP contribution in [0.3, 0.4) is 0 Å². The van der Waals surface area contributed by atoms with Crippen LogP contribution < -0.4 is 0 Å². The first-order chi connectivity index (χ1) is 14.3. The van der Waals surface area contributed by atoms with Crippen molar-refractivity contribution in [3.8, 4) is 0 Å². The molecule has 0 radical (unpaired) electrons. The summed E-state index contributed by atoms with van der Waals surface area (Å²) in [4.78, 5) is 17.7. The van der Waals surface area contributed by atoms with Gasteiger partial charge in [-0.25, -0.2) is 4.79 Å². The van der Waals surface area contributed by atoms with Crippen LogP contribution >= 0.6 is 0 Å². The van der Waals surface area contributed by atoms with Crippen molar-refractivity contribution in [1.82, 2.24) is 0 Å². The summed E-state index contributed by atoms with van der Waals surface area (Å²) in [6.45, 7) is 2.00. The largest absolute Gasteiger partial charge is 0.478 e. The molecule has 2 aromatic rings. The molecule has 8 heteroatoms. The molecule has 2 aromatic carbocycles. The SMILES string of the molecule is CCCC1=NOC(C(=O)O)(C(OCc2ccccc2)c2ccc(C(F)(F)F)cc2)C1. The third kappa shape index (κ3) is 4.64. The molecule has 2 atom stereocenters. The van der Waals surface area contributed by atoms with Crippen LogP contribution in [0.5, 0.6) is 0 Å². The van der Waals surface area contributed by atoms with Gasteiger partial charge in [0.2, 0.25) is 0 Å². The van der Waals surface area contributed by atoms with Crippen LogP contribution in [-0.4, -0.2) is 22.4 Å². The van der Waals surface area contributed by atoms with Crippen molar-refractivity contribution in [3.63, 3.8) is 0 Å². The molecule has 0 spiro atoms. The smallest absolute Gasteiger partial charge is 0.416 e. The third-order valence-electron chi connectivity index (χ3n) is 4.93. The lowest BCUT2D eigenvalue weighted by Crippen LogP contribution is -2.46. The molecule has 3 rings (SSSR count). The van der Waals surface area contributed by atoms with Gasteiger partial charge in [-0.3, -0.25) is 0 Å². The summed E-state index contributed by atoms with van der Waals surface area (Å²) in [6, 6.07) is 13.4. The highest BCUT2D eigenvalue weighted by molar-refractivity contribution is 5.93. The van der Waals surface area contributed by atoms with Crippen LogP contribution in [-0.2, 0) is 27.2 Å². The molecule has 0 saturated heterocycles. The number of halogens is 3. The molecular weight excluding hydrogens is 399 g/mol. The number of carbonyl (C=O) groups is 1. The zero-order valence-electron chi connectivity index (χ0n) is 16.4. The van der Waals surface area contributed by atoms with E-state index in [4.69, 9.17) is 9.57 Å². The van der Waals surface area contributed by atoms with Gasteiger partial charge in [0.25, 0.3) is 5.60 Å². The summed E-state index contributed by atoms with van der Waals surface area (Å²) in [5.41, 5.74) is -1.02. The highest BCUT2D eigenvalue weighted by atomic mass is 19.4. The fourth-order valence-electron chi connectivity index (χ4n) is 3.40. The lowest BCUT2D eigenvalue weighted by Gasteiger charge is -2.31. The molecule has 0 amide bonds. The Labute approximate surface area is 172 Å². The van der Waals surface area contributed by atoms with Crippen LogP contribution in [0.1, 0.15) is 49.0 Å². The van der Waals surface area contributed by atoms with E-state index in [1.165, 1.54) is 12.1 Å². The summed E-state index contributed by atoms with van der Waals surface area (Å²) < 4.78 is 44.8. The van der Waals surface area contributed by atoms with E-state index in [1.54, 1.807) is 0 Å². The van der Waals surface area contributed by atoms with E-state index in [0.717, 1.165) is 24.1 Å². The Bertz CT molecular complexity index is 897. The minimum Gasteiger partial charge on any atom is -0.478 e. The van der Waals surface area contributed by atoms with Crippen molar-refractivity contribution >= 4 is 11.7 Å². The Balaban J connectivity index is 1.95. The van der Waals surface area contributed by atoms with Gasteiger partial charge >= 0.3 is 12.1 Å². The average Bonchev–Trinajstić information content (AvgIpc) is 3.14. The van der Waals surface area contributed by atoms with E-state index in [1.807, 2.05) is 37.3 Å². The summed E-state index contributed by atoms with van der Waals surface area (Å²) in [7, 11) is 0. The first kappa shape index (κ1) is 21.8. The summed E-state index contributed by atoms with van der Waals surface area (Å²) >= 11 is 0. The first-order valence-electron chi connectivity index (χ1n) is 9.56. The molecule has 0 fully saturated rings. The highest BCUT2D eigenvalue weighted by Crippen LogP contribution is 2.42. The molecule has 2 unspecified atom stereocenters. The lowest BCUT2D eigenvalue weighted by atomic mass is 9.85. The van der Waals surface area contributed by atoms with Crippen molar-refractivity contribution < 1.29 is 32.6 Å². The van der Waals surface area contributed by atoms with Crippen molar-refractivity contribution in [2.45, 2.75) is 50.7 Å². The van der Waals surface area contributed by atoms with Gasteiger partial charge in [-0.15, -0.1) is 0 Å². The highest BCUT2D eigenvalue weighted by Gasteiger charge is 2.54. The molecule has 1 heterocycles. The number of rotatable bonds is 8. The minimum absolute atomic E-state index is 0.00332. The summed E-state index contributed by atoms with van der Waals surface area (Å²) in [6.07, 6.45) is -4.33. The topological polar surface area (TPSA) is 68.1 Å². The second-order valence-electron chi connectivity index (χ2n) is 7.17. The number of hydrogen-bond donors (Lipinski definition) is 1. The number of nitrogens with zero attached hydrogens (tertiary/aromatic N) is 1. The number of oxime groups is 1. The molecule has 1 N–H and O–H groups in total. The second kappa shape index (κ2) is 8.87. The predicted octanol–water partition coefficient (Wildman–Crippen LogP) is 5.36. The van der Waals surface area contributed by atoms with Crippen molar-refractivity contribution in [1.29, 1.82) is 0 Å². The maximum absolute atomic E-state index is 13.0. The second-order valence-corrected chi connectivity index (χ2v) is 7.17. The molecule has 160 valence electrons. The van der Waals surface area contributed by atoms with Gasteiger partial charge < -0.3 is 14.7 Å². The molecule has 0 aliphatic carbocycles. The normalized spacial score (nSPS) is 19.8. The van der Waals surface area contributed by atoms with E-state index in [2.05, 4.69) is 5.16 Å². The minimum atomic E-state index is -4.50. The van der Waals surface area contributed by atoms with Crippen LogP contribution in [0, 0.1) is 0 Å². The van der Waals surface area contributed by atoms with E-state index < -0.39 is 29.4 Å². The van der Waals surface area contributed by atoms with Gasteiger partial charge in [0.15, 0.2) is 0 Å². The van der Waals surface area contributed by atoms with Gasteiger partial charge in [-0.2, -0.15) is 13.2 Å². The molecule has 1 aliphatic rings. The maximum atomic E-state index is 13.0. The van der Waals surface area contributed by atoms with Gasteiger partial charge in [0.05, 0.1) is 17.9 Å². The van der Waals surface area contributed by atoms with E-state index in [9.17, 15) is 23.1 Å². The standard InChI is InChI=1S/C22H22F3NO4/c1-2-6-18-13-21(20(27)28,30-26-18)19(29-14-15-7-4-3-5-8-15)16-9-11-17(12-10-16)22(23,24)25/h3-5,7-12,19H,2,6,13-14H2,1H3,(H,27,28). The van der Waals surface area contributed by atoms with E-state index in [-0.39, 0.29) is 18.6 Å². The third-order valence-corrected chi connectivity index (χ3v) is 4.93. The average molecular weight is 421 g/mol. The predicted molar refractivity (Wildman–Crippen MR) is 104 cm³/mol. The molecule has 0 bridgehead atoms. The van der Waals surface area contributed by atoms with Gasteiger partial charge in [-0.1, -0.05) is 61.0 Å². The monoisotopic (exact) mass is 421 g/mol. The molecular formula is C22H22F3NO4. The summed E-state index contributed by atoms with van der Waals surface area (Å²) in [5.74, 6) is -1.28. The fourth-order valence-corrected chi connectivity index (χ4v) is 3.40. The van der Waals surface area contributed by atoms with Crippen LogP contribution in [0.4, 0.5) is 13.2 Å². The zero-order valence-corrected chi connectivity index (χ0v) is 16.4. The fraction of sp³-hybridized carbons (Fsp3) is 0.364. The number of aliphatic carboxylic acids is 1. The number of carboxylic acid groups (broad SMARTS) is 1. The Morgan fingerprint density at radius 2 is 1.87 bits per heavy atom. The molecule has 0 aromatic heterocycles. The van der Waals surface area contributed by atoms with Gasteiger partial charge in [0.1, 0.15) is 6.10 Å². The number of hydrogen-bond acceptors (Lipinski definition) is 4. The molecule has 5 nitrogen and oxygen atoms in total. The first-order valence-corrected chi connectivity index (χ1v) is 9.56. The van der Waals surface area contributed by atoms with Crippen molar-refractivity contribution in [3.05, 3.63) is 71.3 Å². The van der Waals surface area contributed by atoms with Crippen molar-refractivity contribution in [2.75, 3.05) is 0 Å². The Hall–Kier alpha value is -2.87. The Morgan fingerprint density at radius 3 is 2.43 bits per heavy atom. The van der Waals surface area contributed by atoms with E-state index >= 15 is 0 Å². The van der Waals surface area contributed by atoms with Crippen LogP contribution in [0.15, 0.2) is 59.8 Å². The van der Waals surface area contributed by atoms with E-state index in [0.29, 0.717) is 12.1 Å². The maximum Gasteiger partial charge on any atom is 0.416 e. The van der Waals surface area contributed by atoms with Crippen LogP contribution in [0.2, 0.25) is 0 Å². The molecule has 0 saturated carbocycles. The number of benzene rings is 2. The zero-order chi connectivity index (χ0) is 21.8. The van der Waals surface area contributed by atoms with Gasteiger partial charge in [0, 0.05) is 6.42 Å². The quantitative estimate of drug-likeness (QED) is 0.623. The Morgan fingerprint density at radius 1 is 1.20 bits per heavy atom. The number of alkyl halides is 3. The van der Waals surface area contributed by atoms with Gasteiger partial charge in [-0.05, 0) is 29.7 Å². The number of carboxylic acids is 1. The van der Waals surface area contributed by atoms with Crippen LogP contribution in [0.25, 0.3) is 0 Å². The summed E-state index contributed by atoms with van der Waals surface area (Å²) in [5, 5.41) is 13.9. The number of ether oxygens (including phenoxy) is 1. The Kier molecular flexibility index (Phi) is 6.45. The molecule has 30 heavy (non-hydrogen) atoms. The molecule has 1 aliphatic heterocycles.